The summed E-state index contributed by atoms with van der Waals surface area (Å²) in [6.07, 6.45) is 4.89. The van der Waals surface area contributed by atoms with Crippen LogP contribution in [0.3, 0.4) is 0 Å². The molecule has 1 aliphatic rings. The first-order valence-electron chi connectivity index (χ1n) is 7.07. The first-order valence-corrected chi connectivity index (χ1v) is 8.48. The number of alkyl halides is 1. The minimum atomic E-state index is 0.534. The number of piperidine rings is 1. The van der Waals surface area contributed by atoms with Gasteiger partial charge in [0.25, 0.3) is 0 Å². The fraction of sp³-hybridized carbons (Fsp3) is 0.786. The van der Waals surface area contributed by atoms with Crippen LogP contribution in [0.1, 0.15) is 30.0 Å². The summed E-state index contributed by atoms with van der Waals surface area (Å²) < 4.78 is 0. The summed E-state index contributed by atoms with van der Waals surface area (Å²) in [7, 11) is 4.48. The zero-order valence-corrected chi connectivity index (χ0v) is 13.5. The van der Waals surface area contributed by atoms with Gasteiger partial charge in [0.2, 0.25) is 0 Å². The Labute approximate surface area is 125 Å². The highest BCUT2D eigenvalue weighted by Gasteiger charge is 2.19. The second-order valence-electron chi connectivity index (χ2n) is 5.48. The van der Waals surface area contributed by atoms with Crippen LogP contribution in [0.5, 0.6) is 0 Å². The number of rotatable bonds is 6. The summed E-state index contributed by atoms with van der Waals surface area (Å²) in [5.74, 6) is 0.534. The van der Waals surface area contributed by atoms with Crippen molar-refractivity contribution in [2.75, 3.05) is 33.7 Å². The molecule has 1 fully saturated rings. The standard InChI is InChI=1S/C14H24ClN3S/c1-17-8-5-13(6-9-17)18(2)7-3-4-14-16-12(10-15)11-19-14/h11,13H,3-10H2,1-2H3. The molecule has 1 aliphatic heterocycles. The Morgan fingerprint density at radius 2 is 2.21 bits per heavy atom. The molecule has 0 N–H and O–H groups in total. The molecule has 3 nitrogen and oxygen atoms in total. The van der Waals surface area contributed by atoms with Crippen LogP contribution in [0.15, 0.2) is 5.38 Å². The average Bonchev–Trinajstić information content (AvgIpc) is 2.87. The molecule has 0 aliphatic carbocycles. The van der Waals surface area contributed by atoms with Crippen molar-refractivity contribution in [2.24, 2.45) is 0 Å². The normalized spacial score (nSPS) is 18.3. The van der Waals surface area contributed by atoms with E-state index in [4.69, 9.17) is 11.6 Å². The predicted molar refractivity (Wildman–Crippen MR) is 83.1 cm³/mol. The molecule has 5 heteroatoms. The number of aromatic nitrogens is 1. The molecule has 1 aromatic heterocycles. The third-order valence-electron chi connectivity index (χ3n) is 3.95. The highest BCUT2D eigenvalue weighted by Crippen LogP contribution is 2.16. The fourth-order valence-corrected chi connectivity index (χ4v) is 3.69. The van der Waals surface area contributed by atoms with E-state index in [1.807, 2.05) is 0 Å². The lowest BCUT2D eigenvalue weighted by Crippen LogP contribution is -2.42. The predicted octanol–water partition coefficient (Wildman–Crippen LogP) is 2.84. The van der Waals surface area contributed by atoms with Gasteiger partial charge in [0.1, 0.15) is 0 Å². The van der Waals surface area contributed by atoms with Crippen LogP contribution < -0.4 is 0 Å². The smallest absolute Gasteiger partial charge is 0.0929 e. The summed E-state index contributed by atoms with van der Waals surface area (Å²) in [6.45, 7) is 3.64. The summed E-state index contributed by atoms with van der Waals surface area (Å²) >= 11 is 7.51. The fourth-order valence-electron chi connectivity index (χ4n) is 2.62. The Kier molecular flexibility index (Phi) is 6.07. The number of thiazole rings is 1. The Morgan fingerprint density at radius 1 is 1.47 bits per heavy atom. The Hall–Kier alpha value is -0.160. The van der Waals surface area contributed by atoms with Crippen molar-refractivity contribution < 1.29 is 0 Å². The number of halogens is 1. The molecule has 0 bridgehead atoms. The lowest BCUT2D eigenvalue weighted by Gasteiger charge is -2.35. The molecule has 2 heterocycles. The van der Waals surface area contributed by atoms with Crippen LogP contribution >= 0.6 is 22.9 Å². The maximum atomic E-state index is 5.77. The number of nitrogens with zero attached hydrogens (tertiary/aromatic N) is 3. The minimum absolute atomic E-state index is 0.534. The Morgan fingerprint density at radius 3 is 2.84 bits per heavy atom. The molecular weight excluding hydrogens is 278 g/mol. The van der Waals surface area contributed by atoms with E-state index in [9.17, 15) is 0 Å². The first kappa shape index (κ1) is 15.2. The second kappa shape index (κ2) is 7.58. The molecule has 0 amide bonds. The molecule has 0 spiro atoms. The van der Waals surface area contributed by atoms with Crippen molar-refractivity contribution in [2.45, 2.75) is 37.6 Å². The molecule has 0 radical (unpaired) electrons. The van der Waals surface area contributed by atoms with Gasteiger partial charge in [0.15, 0.2) is 0 Å². The lowest BCUT2D eigenvalue weighted by molar-refractivity contribution is 0.143. The summed E-state index contributed by atoms with van der Waals surface area (Å²) in [4.78, 5) is 9.46. The van der Waals surface area contributed by atoms with Crippen LogP contribution in [0, 0.1) is 0 Å². The number of aryl methyl sites for hydroxylation is 1. The average molecular weight is 302 g/mol. The van der Waals surface area contributed by atoms with E-state index in [1.165, 1.54) is 43.9 Å². The van der Waals surface area contributed by atoms with Gasteiger partial charge in [-0.25, -0.2) is 4.98 Å². The summed E-state index contributed by atoms with van der Waals surface area (Å²) in [5, 5.41) is 3.30. The van der Waals surface area contributed by atoms with Gasteiger partial charge in [0.05, 0.1) is 16.6 Å². The summed E-state index contributed by atoms with van der Waals surface area (Å²) in [5.41, 5.74) is 1.02. The highest BCUT2D eigenvalue weighted by molar-refractivity contribution is 7.09. The van der Waals surface area contributed by atoms with Gasteiger partial charge in [-0.05, 0) is 53.0 Å². The van der Waals surface area contributed by atoms with Gasteiger partial charge in [-0.1, -0.05) is 0 Å². The molecule has 0 atom stereocenters. The van der Waals surface area contributed by atoms with Crippen molar-refractivity contribution in [3.05, 3.63) is 16.1 Å². The van der Waals surface area contributed by atoms with Crippen molar-refractivity contribution in [3.63, 3.8) is 0 Å². The van der Waals surface area contributed by atoms with E-state index in [1.54, 1.807) is 11.3 Å². The van der Waals surface area contributed by atoms with Crippen LogP contribution in [0.2, 0.25) is 0 Å². The zero-order chi connectivity index (χ0) is 13.7. The van der Waals surface area contributed by atoms with Crippen LogP contribution in [0.4, 0.5) is 0 Å². The second-order valence-corrected chi connectivity index (χ2v) is 6.69. The summed E-state index contributed by atoms with van der Waals surface area (Å²) in [6, 6.07) is 0.769. The van der Waals surface area contributed by atoms with E-state index < -0.39 is 0 Å². The van der Waals surface area contributed by atoms with E-state index in [2.05, 4.69) is 34.3 Å². The number of hydrogen-bond acceptors (Lipinski definition) is 4. The highest BCUT2D eigenvalue weighted by atomic mass is 35.5. The molecule has 2 rings (SSSR count). The molecule has 108 valence electrons. The molecule has 1 aromatic rings. The third-order valence-corrected chi connectivity index (χ3v) is 5.18. The zero-order valence-electron chi connectivity index (χ0n) is 11.9. The Bertz CT molecular complexity index is 375. The quantitative estimate of drug-likeness (QED) is 0.753. The van der Waals surface area contributed by atoms with Crippen LogP contribution in [-0.4, -0.2) is 54.6 Å². The molecule has 19 heavy (non-hydrogen) atoms. The number of hydrogen-bond donors (Lipinski definition) is 0. The van der Waals surface area contributed by atoms with E-state index in [0.29, 0.717) is 5.88 Å². The molecule has 1 saturated heterocycles. The van der Waals surface area contributed by atoms with Crippen LogP contribution in [0.25, 0.3) is 0 Å². The van der Waals surface area contributed by atoms with E-state index in [-0.39, 0.29) is 0 Å². The first-order chi connectivity index (χ1) is 9.19. The Balaban J connectivity index is 1.67. The van der Waals surface area contributed by atoms with Crippen LogP contribution in [-0.2, 0) is 12.3 Å². The van der Waals surface area contributed by atoms with Crippen molar-refractivity contribution >= 4 is 22.9 Å². The number of likely N-dealkylation sites (tertiary alicyclic amines) is 1. The maximum absolute atomic E-state index is 5.77. The maximum Gasteiger partial charge on any atom is 0.0929 e. The minimum Gasteiger partial charge on any atom is -0.306 e. The SMILES string of the molecule is CN1CCC(N(C)CCCc2nc(CCl)cs2)CC1. The van der Waals surface area contributed by atoms with Gasteiger partial charge in [-0.3, -0.25) is 0 Å². The topological polar surface area (TPSA) is 19.4 Å². The van der Waals surface area contributed by atoms with Gasteiger partial charge in [0, 0.05) is 17.8 Å². The van der Waals surface area contributed by atoms with Crippen molar-refractivity contribution in [3.8, 4) is 0 Å². The van der Waals surface area contributed by atoms with E-state index in [0.717, 1.165) is 18.2 Å². The van der Waals surface area contributed by atoms with Gasteiger partial charge in [-0.15, -0.1) is 22.9 Å². The molecule has 0 saturated carbocycles. The van der Waals surface area contributed by atoms with Gasteiger partial charge >= 0.3 is 0 Å². The van der Waals surface area contributed by atoms with Gasteiger partial charge < -0.3 is 9.80 Å². The lowest BCUT2D eigenvalue weighted by atomic mass is 10.0. The van der Waals surface area contributed by atoms with Gasteiger partial charge in [-0.2, -0.15) is 0 Å². The third kappa shape index (κ3) is 4.71. The largest absolute Gasteiger partial charge is 0.306 e. The van der Waals surface area contributed by atoms with Crippen molar-refractivity contribution in [1.29, 1.82) is 0 Å². The monoisotopic (exact) mass is 301 g/mol. The van der Waals surface area contributed by atoms with E-state index >= 15 is 0 Å². The van der Waals surface area contributed by atoms with Crippen molar-refractivity contribution in [1.82, 2.24) is 14.8 Å². The molecule has 0 aromatic carbocycles. The molecule has 0 unspecified atom stereocenters. The molecular formula is C14H24ClN3S.